The molecule has 0 aliphatic heterocycles. The Hall–Kier alpha value is -4.44. The summed E-state index contributed by atoms with van der Waals surface area (Å²) in [4.78, 5) is 22.2. The summed E-state index contributed by atoms with van der Waals surface area (Å²) in [5.74, 6) is -0.0104. The van der Waals surface area contributed by atoms with Crippen molar-refractivity contribution >= 4 is 33.9 Å². The number of benzene rings is 2. The minimum Gasteiger partial charge on any atom is -0.459 e. The molecule has 0 saturated carbocycles. The molecule has 0 bridgehead atoms. The molecule has 3 heterocycles. The summed E-state index contributed by atoms with van der Waals surface area (Å²) in [6.07, 6.45) is 1.42. The molecule has 3 aromatic heterocycles. The van der Waals surface area contributed by atoms with Crippen molar-refractivity contribution in [1.82, 2.24) is 14.5 Å². The number of rotatable bonds is 3. The van der Waals surface area contributed by atoms with Gasteiger partial charge in [0.1, 0.15) is 23.0 Å². The van der Waals surface area contributed by atoms with E-state index in [-0.39, 0.29) is 11.3 Å². The summed E-state index contributed by atoms with van der Waals surface area (Å²) in [7, 11) is 0. The van der Waals surface area contributed by atoms with E-state index in [2.05, 4.69) is 16.4 Å². The number of fused-ring (bicyclic) bond motifs is 2. The van der Waals surface area contributed by atoms with Crippen LogP contribution in [0.3, 0.4) is 0 Å². The summed E-state index contributed by atoms with van der Waals surface area (Å²) in [5.41, 5.74) is 4.29. The highest BCUT2D eigenvalue weighted by Gasteiger charge is 2.24. The zero-order valence-electron chi connectivity index (χ0n) is 16.0. The highest BCUT2D eigenvalue weighted by molar-refractivity contribution is 6.05. The van der Waals surface area contributed by atoms with Crippen LogP contribution in [0.1, 0.15) is 21.7 Å². The lowest BCUT2D eigenvalue weighted by Gasteiger charge is -2.13. The number of nitrogens with one attached hydrogen (secondary N) is 1. The number of aromatic nitrogens is 3. The smallest absolute Gasteiger partial charge is 0.292 e. The van der Waals surface area contributed by atoms with E-state index in [0.29, 0.717) is 28.0 Å². The minimum absolute atomic E-state index is 0.145. The highest BCUT2D eigenvalue weighted by Crippen LogP contribution is 2.33. The van der Waals surface area contributed by atoms with E-state index < -0.39 is 5.91 Å². The molecule has 5 rings (SSSR count). The molecule has 7 nitrogen and oxygen atoms in total. The van der Waals surface area contributed by atoms with E-state index in [9.17, 15) is 10.1 Å². The molecule has 0 unspecified atom stereocenters. The van der Waals surface area contributed by atoms with Crippen LogP contribution in [0, 0.1) is 18.3 Å². The second-order valence-electron chi connectivity index (χ2n) is 6.77. The zero-order valence-corrected chi connectivity index (χ0v) is 16.0. The first-order valence-electron chi connectivity index (χ1n) is 9.29. The van der Waals surface area contributed by atoms with Crippen LogP contribution in [-0.4, -0.2) is 20.4 Å². The van der Waals surface area contributed by atoms with Crippen molar-refractivity contribution in [2.45, 2.75) is 6.92 Å². The van der Waals surface area contributed by atoms with Gasteiger partial charge >= 0.3 is 0 Å². The summed E-state index contributed by atoms with van der Waals surface area (Å²) >= 11 is 0. The average Bonchev–Trinajstić information content (AvgIpc) is 3.39. The third kappa shape index (κ3) is 2.71. The van der Waals surface area contributed by atoms with Gasteiger partial charge in [0.25, 0.3) is 5.91 Å². The van der Waals surface area contributed by atoms with Gasteiger partial charge in [0.15, 0.2) is 11.4 Å². The van der Waals surface area contributed by atoms with Crippen LogP contribution >= 0.6 is 0 Å². The SMILES string of the molecule is Cc1ccccc1-n1c(NC(=O)c2ccco2)c(C#N)c2nc3ccccc3nc21. The van der Waals surface area contributed by atoms with Gasteiger partial charge in [-0.25, -0.2) is 9.97 Å². The Kier molecular flexibility index (Phi) is 4.04. The number of hydrogen-bond donors (Lipinski definition) is 1. The number of hydrogen-bond acceptors (Lipinski definition) is 5. The van der Waals surface area contributed by atoms with E-state index in [4.69, 9.17) is 9.40 Å². The fourth-order valence-corrected chi connectivity index (χ4v) is 3.49. The van der Waals surface area contributed by atoms with E-state index in [0.717, 1.165) is 11.3 Å². The van der Waals surface area contributed by atoms with Crippen LogP contribution in [0.15, 0.2) is 71.3 Å². The molecule has 0 aliphatic carbocycles. The van der Waals surface area contributed by atoms with Gasteiger partial charge < -0.3 is 9.73 Å². The minimum atomic E-state index is -0.460. The van der Waals surface area contributed by atoms with Crippen LogP contribution < -0.4 is 5.32 Å². The molecule has 0 saturated heterocycles. The second-order valence-corrected chi connectivity index (χ2v) is 6.77. The summed E-state index contributed by atoms with van der Waals surface area (Å²) < 4.78 is 6.98. The zero-order chi connectivity index (χ0) is 20.7. The standard InChI is InChI=1S/C23H15N5O2/c1-14-7-2-5-10-18(14)28-21(27-23(29)19-11-6-12-30-19)15(13-24)20-22(28)26-17-9-4-3-8-16(17)25-20/h2-12H,1H3,(H,27,29). The fourth-order valence-electron chi connectivity index (χ4n) is 3.49. The lowest BCUT2D eigenvalue weighted by molar-refractivity contribution is 0.0996. The van der Waals surface area contributed by atoms with Crippen molar-refractivity contribution in [3.05, 3.63) is 83.8 Å². The molecule has 7 heteroatoms. The van der Waals surface area contributed by atoms with Gasteiger partial charge in [-0.1, -0.05) is 30.3 Å². The maximum Gasteiger partial charge on any atom is 0.292 e. The van der Waals surface area contributed by atoms with Crippen molar-refractivity contribution < 1.29 is 9.21 Å². The summed E-state index contributed by atoms with van der Waals surface area (Å²) in [5, 5.41) is 12.8. The number of amides is 1. The first-order chi connectivity index (χ1) is 14.7. The molecule has 0 aliphatic rings. The quantitative estimate of drug-likeness (QED) is 0.483. The molecule has 0 radical (unpaired) electrons. The molecule has 5 aromatic rings. The van der Waals surface area contributed by atoms with Crippen molar-refractivity contribution in [2.24, 2.45) is 0 Å². The van der Waals surface area contributed by atoms with Gasteiger partial charge in [-0.2, -0.15) is 5.26 Å². The highest BCUT2D eigenvalue weighted by atomic mass is 16.3. The fraction of sp³-hybridized carbons (Fsp3) is 0.0435. The van der Waals surface area contributed by atoms with Gasteiger partial charge in [0.2, 0.25) is 0 Å². The molecule has 0 spiro atoms. The normalized spacial score (nSPS) is 10.9. The summed E-state index contributed by atoms with van der Waals surface area (Å²) in [6.45, 7) is 1.96. The number of anilines is 1. The number of nitrogens with zero attached hydrogens (tertiary/aromatic N) is 4. The molecule has 2 aromatic carbocycles. The number of nitriles is 1. The second kappa shape index (κ2) is 6.87. The maximum absolute atomic E-state index is 12.8. The van der Waals surface area contributed by atoms with Crippen molar-refractivity contribution in [2.75, 3.05) is 5.32 Å². The third-order valence-electron chi connectivity index (χ3n) is 4.91. The van der Waals surface area contributed by atoms with Crippen molar-refractivity contribution in [3.63, 3.8) is 0 Å². The van der Waals surface area contributed by atoms with E-state index in [1.807, 2.05) is 55.5 Å². The topological polar surface area (TPSA) is 96.7 Å². The maximum atomic E-state index is 12.8. The van der Waals surface area contributed by atoms with Crippen LogP contribution in [0.2, 0.25) is 0 Å². The number of carbonyl (C=O) groups is 1. The molecular formula is C23H15N5O2. The van der Waals surface area contributed by atoms with Gasteiger partial charge in [-0.15, -0.1) is 0 Å². The Balaban J connectivity index is 1.85. The molecular weight excluding hydrogens is 378 g/mol. The van der Waals surface area contributed by atoms with E-state index in [1.165, 1.54) is 6.26 Å². The molecule has 30 heavy (non-hydrogen) atoms. The Bertz CT molecular complexity index is 1460. The first kappa shape index (κ1) is 17.6. The van der Waals surface area contributed by atoms with Crippen LogP contribution in [0.4, 0.5) is 5.82 Å². The predicted octanol–water partition coefficient (Wildman–Crippen LogP) is 4.60. The van der Waals surface area contributed by atoms with Crippen molar-refractivity contribution in [3.8, 4) is 11.8 Å². The number of para-hydroxylation sites is 3. The largest absolute Gasteiger partial charge is 0.459 e. The molecule has 1 N–H and O–H groups in total. The molecule has 1 amide bonds. The Morgan fingerprint density at radius 2 is 1.77 bits per heavy atom. The lowest BCUT2D eigenvalue weighted by atomic mass is 10.2. The predicted molar refractivity (Wildman–Crippen MR) is 112 cm³/mol. The number of aryl methyl sites for hydroxylation is 1. The molecule has 144 valence electrons. The number of furan rings is 1. The van der Waals surface area contributed by atoms with Crippen molar-refractivity contribution in [1.29, 1.82) is 5.26 Å². The molecule has 0 fully saturated rings. The van der Waals surface area contributed by atoms with Crippen LogP contribution in [0.5, 0.6) is 0 Å². The van der Waals surface area contributed by atoms with Gasteiger partial charge in [0, 0.05) is 0 Å². The van der Waals surface area contributed by atoms with Gasteiger partial charge in [-0.05, 0) is 42.8 Å². The van der Waals surface area contributed by atoms with Crippen LogP contribution in [0.25, 0.3) is 27.9 Å². The Morgan fingerprint density at radius 3 is 2.47 bits per heavy atom. The summed E-state index contributed by atoms with van der Waals surface area (Å²) in [6, 6.07) is 20.5. The Morgan fingerprint density at radius 1 is 1.03 bits per heavy atom. The van der Waals surface area contributed by atoms with Gasteiger partial charge in [-0.3, -0.25) is 9.36 Å². The third-order valence-corrected chi connectivity index (χ3v) is 4.91. The van der Waals surface area contributed by atoms with Gasteiger partial charge in [0.05, 0.1) is 23.0 Å². The monoisotopic (exact) mass is 393 g/mol. The van der Waals surface area contributed by atoms with Crippen LogP contribution in [-0.2, 0) is 0 Å². The molecule has 0 atom stereocenters. The van der Waals surface area contributed by atoms with E-state index >= 15 is 0 Å². The Labute approximate surface area is 171 Å². The first-order valence-corrected chi connectivity index (χ1v) is 9.29. The lowest BCUT2D eigenvalue weighted by Crippen LogP contribution is -2.15. The number of carbonyl (C=O) groups excluding carboxylic acids is 1. The van der Waals surface area contributed by atoms with E-state index in [1.54, 1.807) is 16.7 Å². The average molecular weight is 393 g/mol.